The van der Waals surface area contributed by atoms with Gasteiger partial charge in [-0.25, -0.2) is 4.90 Å². The number of imide groups is 1. The first-order valence-corrected chi connectivity index (χ1v) is 6.82. The molecule has 0 saturated carbocycles. The Morgan fingerprint density at radius 2 is 2.00 bits per heavy atom. The number of halogens is 1. The molecule has 0 radical (unpaired) electrons. The minimum Gasteiger partial charge on any atom is -0.344 e. The first-order chi connectivity index (χ1) is 8.68. The molecule has 1 aromatic carbocycles. The Morgan fingerprint density at radius 1 is 1.28 bits per heavy atom. The number of fused-ring (bicyclic) bond motifs is 2. The fourth-order valence-electron chi connectivity index (χ4n) is 2.40. The van der Waals surface area contributed by atoms with Gasteiger partial charge in [0.1, 0.15) is 6.10 Å². The zero-order chi connectivity index (χ0) is 12.7. The number of rotatable bonds is 1. The molecule has 0 aromatic heterocycles. The normalized spacial score (nSPS) is 30.6. The van der Waals surface area contributed by atoms with Gasteiger partial charge >= 0.3 is 0 Å². The second-order valence-electron chi connectivity index (χ2n) is 4.49. The van der Waals surface area contributed by atoms with Crippen LogP contribution < -0.4 is 0 Å². The maximum atomic E-state index is 12.3. The number of hydrogen-bond acceptors (Lipinski definition) is 3. The van der Waals surface area contributed by atoms with E-state index in [9.17, 15) is 9.59 Å². The van der Waals surface area contributed by atoms with Crippen LogP contribution in [0.5, 0.6) is 0 Å². The molecule has 2 bridgehead atoms. The lowest BCUT2D eigenvalue weighted by molar-refractivity contribution is -0.128. The predicted molar refractivity (Wildman–Crippen MR) is 68.2 cm³/mol. The summed E-state index contributed by atoms with van der Waals surface area (Å²) in [4.78, 5) is 25.7. The molecule has 2 saturated heterocycles. The number of nitrogens with zero attached hydrogens (tertiary/aromatic N) is 1. The molecule has 3 unspecified atom stereocenters. The van der Waals surface area contributed by atoms with Crippen LogP contribution in [-0.4, -0.2) is 33.9 Å². The molecule has 18 heavy (non-hydrogen) atoms. The van der Waals surface area contributed by atoms with Crippen molar-refractivity contribution in [2.45, 2.75) is 30.0 Å². The SMILES string of the molecule is O=C(c1ccccc1)N1C(=O)C2CCC(Br)C1O2. The van der Waals surface area contributed by atoms with Crippen molar-refractivity contribution in [3.63, 3.8) is 0 Å². The molecule has 3 atom stereocenters. The molecular formula is C13H12BrNO3. The number of hydrogen-bond donors (Lipinski definition) is 0. The maximum absolute atomic E-state index is 12.3. The molecule has 2 amide bonds. The Labute approximate surface area is 113 Å². The van der Waals surface area contributed by atoms with Crippen molar-refractivity contribution in [2.75, 3.05) is 0 Å². The number of amides is 2. The van der Waals surface area contributed by atoms with Crippen LogP contribution in [0.25, 0.3) is 0 Å². The summed E-state index contributed by atoms with van der Waals surface area (Å²) >= 11 is 3.48. The highest BCUT2D eigenvalue weighted by atomic mass is 79.9. The van der Waals surface area contributed by atoms with Gasteiger partial charge in [0.15, 0.2) is 6.23 Å². The van der Waals surface area contributed by atoms with Crippen LogP contribution in [0.15, 0.2) is 30.3 Å². The van der Waals surface area contributed by atoms with E-state index in [1.807, 2.05) is 6.07 Å². The number of likely N-dealkylation sites (tertiary alicyclic amines) is 1. The van der Waals surface area contributed by atoms with Crippen molar-refractivity contribution in [3.8, 4) is 0 Å². The lowest BCUT2D eigenvalue weighted by Gasteiger charge is -2.26. The van der Waals surface area contributed by atoms with Gasteiger partial charge in [-0.1, -0.05) is 34.1 Å². The Morgan fingerprint density at radius 3 is 2.72 bits per heavy atom. The van der Waals surface area contributed by atoms with Crippen LogP contribution in [0.3, 0.4) is 0 Å². The monoisotopic (exact) mass is 309 g/mol. The highest BCUT2D eigenvalue weighted by Crippen LogP contribution is 2.35. The van der Waals surface area contributed by atoms with E-state index in [0.717, 1.165) is 6.42 Å². The van der Waals surface area contributed by atoms with E-state index in [4.69, 9.17) is 4.74 Å². The largest absolute Gasteiger partial charge is 0.344 e. The van der Waals surface area contributed by atoms with E-state index in [-0.39, 0.29) is 16.6 Å². The van der Waals surface area contributed by atoms with Gasteiger partial charge in [0.2, 0.25) is 0 Å². The molecule has 0 spiro atoms. The predicted octanol–water partition coefficient (Wildman–Crippen LogP) is 1.94. The Bertz CT molecular complexity index is 490. The van der Waals surface area contributed by atoms with Crippen LogP contribution >= 0.6 is 15.9 Å². The lowest BCUT2D eigenvalue weighted by atomic mass is 10.1. The molecule has 0 aliphatic carbocycles. The van der Waals surface area contributed by atoms with Crippen molar-refractivity contribution in [3.05, 3.63) is 35.9 Å². The standard InChI is InChI=1S/C13H12BrNO3/c14-9-6-7-10-12(17)15(13(9)18-10)11(16)8-4-2-1-3-5-8/h1-5,9-10,13H,6-7H2. The van der Waals surface area contributed by atoms with Crippen molar-refractivity contribution in [1.29, 1.82) is 0 Å². The lowest BCUT2D eigenvalue weighted by Crippen LogP contribution is -2.43. The number of carbonyl (C=O) groups is 2. The molecule has 94 valence electrons. The Hall–Kier alpha value is -1.20. The van der Waals surface area contributed by atoms with Gasteiger partial charge in [-0.3, -0.25) is 9.59 Å². The van der Waals surface area contributed by atoms with Gasteiger partial charge in [0.25, 0.3) is 11.8 Å². The average Bonchev–Trinajstić information content (AvgIpc) is 2.68. The van der Waals surface area contributed by atoms with Crippen LogP contribution in [0, 0.1) is 0 Å². The van der Waals surface area contributed by atoms with E-state index in [1.165, 1.54) is 4.90 Å². The topological polar surface area (TPSA) is 46.6 Å². The zero-order valence-corrected chi connectivity index (χ0v) is 11.2. The van der Waals surface area contributed by atoms with E-state index in [2.05, 4.69) is 15.9 Å². The molecular weight excluding hydrogens is 298 g/mol. The third-order valence-electron chi connectivity index (χ3n) is 3.32. The molecule has 2 fully saturated rings. The highest BCUT2D eigenvalue weighted by molar-refractivity contribution is 9.09. The maximum Gasteiger partial charge on any atom is 0.262 e. The van der Waals surface area contributed by atoms with Crippen molar-refractivity contribution in [1.82, 2.24) is 4.90 Å². The van der Waals surface area contributed by atoms with Gasteiger partial charge in [-0.05, 0) is 25.0 Å². The molecule has 2 aliphatic heterocycles. The van der Waals surface area contributed by atoms with Crippen LogP contribution in [0.4, 0.5) is 0 Å². The summed E-state index contributed by atoms with van der Waals surface area (Å²) in [5, 5.41) is 0. The van der Waals surface area contributed by atoms with E-state index < -0.39 is 12.3 Å². The van der Waals surface area contributed by atoms with Crippen LogP contribution in [0.1, 0.15) is 23.2 Å². The molecule has 5 heteroatoms. The number of benzene rings is 1. The fourth-order valence-corrected chi connectivity index (χ4v) is 3.02. The van der Waals surface area contributed by atoms with Crippen molar-refractivity contribution < 1.29 is 14.3 Å². The number of alkyl halides is 1. The molecule has 4 nitrogen and oxygen atoms in total. The minimum atomic E-state index is -0.469. The second-order valence-corrected chi connectivity index (χ2v) is 5.66. The fraction of sp³-hybridized carbons (Fsp3) is 0.385. The summed E-state index contributed by atoms with van der Waals surface area (Å²) < 4.78 is 5.59. The second kappa shape index (κ2) is 4.48. The van der Waals surface area contributed by atoms with Crippen LogP contribution in [0.2, 0.25) is 0 Å². The summed E-state index contributed by atoms with van der Waals surface area (Å²) in [7, 11) is 0. The van der Waals surface area contributed by atoms with Crippen LogP contribution in [-0.2, 0) is 9.53 Å². The number of carbonyl (C=O) groups excluding carboxylic acids is 2. The number of ether oxygens (including phenoxy) is 1. The summed E-state index contributed by atoms with van der Waals surface area (Å²) in [5.41, 5.74) is 0.515. The highest BCUT2D eigenvalue weighted by Gasteiger charge is 2.50. The smallest absolute Gasteiger partial charge is 0.262 e. The zero-order valence-electron chi connectivity index (χ0n) is 9.58. The van der Waals surface area contributed by atoms with Crippen molar-refractivity contribution >= 4 is 27.7 Å². The molecule has 1 aromatic rings. The summed E-state index contributed by atoms with van der Waals surface area (Å²) in [5.74, 6) is -0.491. The third-order valence-corrected chi connectivity index (χ3v) is 4.23. The average molecular weight is 310 g/mol. The van der Waals surface area contributed by atoms with E-state index in [1.54, 1.807) is 24.3 Å². The van der Waals surface area contributed by atoms with Gasteiger partial charge in [-0.2, -0.15) is 0 Å². The Kier molecular flexibility index (Phi) is 2.95. The van der Waals surface area contributed by atoms with Gasteiger partial charge in [0.05, 0.1) is 4.83 Å². The first-order valence-electron chi connectivity index (χ1n) is 5.90. The summed E-state index contributed by atoms with van der Waals surface area (Å²) in [6, 6.07) is 8.83. The Balaban J connectivity index is 1.92. The molecule has 2 aliphatic rings. The molecule has 0 N–H and O–H groups in total. The quantitative estimate of drug-likeness (QED) is 0.588. The third kappa shape index (κ3) is 1.78. The van der Waals surface area contributed by atoms with Crippen molar-refractivity contribution in [2.24, 2.45) is 0 Å². The first kappa shape index (κ1) is 11.9. The van der Waals surface area contributed by atoms with Gasteiger partial charge in [-0.15, -0.1) is 0 Å². The molecule has 2 heterocycles. The van der Waals surface area contributed by atoms with Gasteiger partial charge < -0.3 is 4.74 Å². The summed E-state index contributed by atoms with van der Waals surface area (Å²) in [6.45, 7) is 0. The van der Waals surface area contributed by atoms with E-state index >= 15 is 0 Å². The summed E-state index contributed by atoms with van der Waals surface area (Å²) in [6.07, 6.45) is 0.601. The molecule has 3 rings (SSSR count). The van der Waals surface area contributed by atoms with Gasteiger partial charge in [0, 0.05) is 5.56 Å². The minimum absolute atomic E-state index is 0.0212. The van der Waals surface area contributed by atoms with E-state index in [0.29, 0.717) is 12.0 Å².